The van der Waals surface area contributed by atoms with Gasteiger partial charge in [-0.1, -0.05) is 24.1 Å². The van der Waals surface area contributed by atoms with Crippen LogP contribution >= 0.6 is 11.8 Å². The smallest absolute Gasteiger partial charge is 0.315 e. The zero-order valence-electron chi connectivity index (χ0n) is 17.2. The fourth-order valence-electron chi connectivity index (χ4n) is 3.82. The summed E-state index contributed by atoms with van der Waals surface area (Å²) in [4.78, 5) is 23.3. The van der Waals surface area contributed by atoms with E-state index in [-0.39, 0.29) is 24.0 Å². The number of carbonyl (C=O) groups excluding carboxylic acids is 2. The number of hydrogen-bond acceptors (Lipinski definition) is 4. The minimum atomic E-state index is -0.0358. The standard InChI is InChI=1S/C22H33N3O3S/c1-16-9-11-17(12-10-16)28-14-6-2-5-13-23-20(26)8-4-3-7-19-21-18(15-29-19)24-22(27)25-21/h9-12,18-19,21H,2-8,13-15H2,1H3,(H,23,26)(H2,24,25,27). The number of unbranched alkanes of at least 4 members (excludes halogenated alkanes) is 3. The van der Waals surface area contributed by atoms with Crippen molar-refractivity contribution in [2.45, 2.75) is 69.2 Å². The van der Waals surface area contributed by atoms with E-state index < -0.39 is 0 Å². The number of urea groups is 1. The number of nitrogens with one attached hydrogen (secondary N) is 3. The van der Waals surface area contributed by atoms with Crippen LogP contribution in [0.5, 0.6) is 5.75 Å². The van der Waals surface area contributed by atoms with Crippen molar-refractivity contribution in [3.63, 3.8) is 0 Å². The molecule has 1 aromatic rings. The van der Waals surface area contributed by atoms with Gasteiger partial charge in [-0.15, -0.1) is 0 Å². The van der Waals surface area contributed by atoms with Crippen molar-refractivity contribution in [3.05, 3.63) is 29.8 Å². The summed E-state index contributed by atoms with van der Waals surface area (Å²) in [5, 5.41) is 9.47. The fraction of sp³-hybridized carbons (Fsp3) is 0.636. The Hall–Kier alpha value is -1.89. The third kappa shape index (κ3) is 7.14. The molecule has 6 nitrogen and oxygen atoms in total. The molecule has 0 spiro atoms. The zero-order valence-corrected chi connectivity index (χ0v) is 18.1. The minimum absolute atomic E-state index is 0.0358. The summed E-state index contributed by atoms with van der Waals surface area (Å²) in [6, 6.07) is 8.61. The van der Waals surface area contributed by atoms with E-state index in [4.69, 9.17) is 4.74 Å². The first-order chi connectivity index (χ1) is 14.1. The summed E-state index contributed by atoms with van der Waals surface area (Å²) < 4.78 is 5.71. The van der Waals surface area contributed by atoms with Crippen LogP contribution in [0.3, 0.4) is 0 Å². The number of benzene rings is 1. The monoisotopic (exact) mass is 419 g/mol. The summed E-state index contributed by atoms with van der Waals surface area (Å²) in [6.45, 7) is 3.52. The Bertz CT molecular complexity index is 668. The second-order valence-electron chi connectivity index (χ2n) is 7.94. The van der Waals surface area contributed by atoms with E-state index in [1.807, 2.05) is 23.9 Å². The molecule has 7 heteroatoms. The molecule has 1 aromatic carbocycles. The molecule has 160 valence electrons. The Kier molecular flexibility index (Phi) is 8.52. The van der Waals surface area contributed by atoms with E-state index in [1.54, 1.807) is 0 Å². The average molecular weight is 420 g/mol. The fourth-order valence-corrected chi connectivity index (χ4v) is 5.36. The normalized spacial score (nSPS) is 22.7. The first-order valence-electron chi connectivity index (χ1n) is 10.8. The van der Waals surface area contributed by atoms with Crippen molar-refractivity contribution in [1.82, 2.24) is 16.0 Å². The zero-order chi connectivity index (χ0) is 20.5. The molecule has 3 rings (SSSR count). The number of amides is 3. The van der Waals surface area contributed by atoms with Gasteiger partial charge in [-0.3, -0.25) is 4.79 Å². The van der Waals surface area contributed by atoms with E-state index in [9.17, 15) is 9.59 Å². The minimum Gasteiger partial charge on any atom is -0.494 e. The van der Waals surface area contributed by atoms with E-state index in [1.165, 1.54) is 5.56 Å². The molecule has 29 heavy (non-hydrogen) atoms. The largest absolute Gasteiger partial charge is 0.494 e. The molecule has 3 atom stereocenters. The Morgan fingerprint density at radius 1 is 1.14 bits per heavy atom. The van der Waals surface area contributed by atoms with Gasteiger partial charge in [0.05, 0.1) is 18.7 Å². The van der Waals surface area contributed by atoms with Gasteiger partial charge in [0.2, 0.25) is 5.91 Å². The van der Waals surface area contributed by atoms with Crippen molar-refractivity contribution in [2.24, 2.45) is 0 Å². The molecule has 2 fully saturated rings. The molecule has 3 amide bonds. The van der Waals surface area contributed by atoms with E-state index in [0.29, 0.717) is 18.3 Å². The molecule has 2 aliphatic rings. The average Bonchev–Trinajstić information content (AvgIpc) is 3.25. The first-order valence-corrected chi connectivity index (χ1v) is 11.8. The molecule has 3 unspecified atom stereocenters. The van der Waals surface area contributed by atoms with Crippen LogP contribution in [0.15, 0.2) is 24.3 Å². The predicted molar refractivity (Wildman–Crippen MR) is 117 cm³/mol. The third-order valence-corrected chi connectivity index (χ3v) is 7.02. The van der Waals surface area contributed by atoms with E-state index in [0.717, 1.165) is 56.6 Å². The molecule has 0 radical (unpaired) electrons. The highest BCUT2D eigenvalue weighted by Crippen LogP contribution is 2.33. The van der Waals surface area contributed by atoms with Crippen molar-refractivity contribution < 1.29 is 14.3 Å². The van der Waals surface area contributed by atoms with Crippen LogP contribution in [0.1, 0.15) is 50.5 Å². The van der Waals surface area contributed by atoms with Crippen molar-refractivity contribution in [3.8, 4) is 5.75 Å². The second kappa shape index (κ2) is 11.3. The number of thioether (sulfide) groups is 1. The summed E-state index contributed by atoms with van der Waals surface area (Å²) in [6.07, 6.45) is 6.61. The Balaban J connectivity index is 1.14. The van der Waals surface area contributed by atoms with Gasteiger partial charge in [0, 0.05) is 24.0 Å². The lowest BCUT2D eigenvalue weighted by atomic mass is 10.0. The van der Waals surface area contributed by atoms with Crippen molar-refractivity contribution in [1.29, 1.82) is 0 Å². The van der Waals surface area contributed by atoms with Crippen molar-refractivity contribution >= 4 is 23.7 Å². The Morgan fingerprint density at radius 2 is 1.97 bits per heavy atom. The lowest BCUT2D eigenvalue weighted by molar-refractivity contribution is -0.121. The van der Waals surface area contributed by atoms with Crippen LogP contribution in [0.25, 0.3) is 0 Å². The number of fused-ring (bicyclic) bond motifs is 1. The SMILES string of the molecule is Cc1ccc(OCCCCCNC(=O)CCCCC2SCC3NC(=O)NC32)cc1. The van der Waals surface area contributed by atoms with Crippen LogP contribution < -0.4 is 20.7 Å². The second-order valence-corrected chi connectivity index (χ2v) is 9.21. The van der Waals surface area contributed by atoms with Crippen molar-refractivity contribution in [2.75, 3.05) is 18.9 Å². The lowest BCUT2D eigenvalue weighted by Gasteiger charge is -2.16. The highest BCUT2D eigenvalue weighted by atomic mass is 32.2. The quantitative estimate of drug-likeness (QED) is 0.358. The molecule has 2 aliphatic heterocycles. The molecule has 2 saturated heterocycles. The number of hydrogen-bond donors (Lipinski definition) is 3. The maximum absolute atomic E-state index is 12.0. The van der Waals surface area contributed by atoms with Gasteiger partial charge in [0.25, 0.3) is 0 Å². The summed E-state index contributed by atoms with van der Waals surface area (Å²) in [7, 11) is 0. The number of carbonyl (C=O) groups is 2. The number of rotatable bonds is 12. The third-order valence-electron chi connectivity index (χ3n) is 5.51. The molecule has 2 heterocycles. The summed E-state index contributed by atoms with van der Waals surface area (Å²) in [5.41, 5.74) is 1.23. The van der Waals surface area contributed by atoms with Crippen LogP contribution in [0.4, 0.5) is 4.79 Å². The highest BCUT2D eigenvalue weighted by molar-refractivity contribution is 8.00. The maximum Gasteiger partial charge on any atom is 0.315 e. The molecule has 0 aliphatic carbocycles. The van der Waals surface area contributed by atoms with E-state index >= 15 is 0 Å². The highest BCUT2D eigenvalue weighted by Gasteiger charge is 2.42. The van der Waals surface area contributed by atoms with Gasteiger partial charge in [0.15, 0.2) is 0 Å². The van der Waals surface area contributed by atoms with Gasteiger partial charge in [-0.05, 0) is 51.2 Å². The van der Waals surface area contributed by atoms with Crippen LogP contribution in [0, 0.1) is 6.92 Å². The number of aryl methyl sites for hydroxylation is 1. The van der Waals surface area contributed by atoms with Gasteiger partial charge in [0.1, 0.15) is 5.75 Å². The summed E-state index contributed by atoms with van der Waals surface area (Å²) >= 11 is 1.93. The first kappa shape index (κ1) is 21.8. The predicted octanol–water partition coefficient (Wildman–Crippen LogP) is 3.39. The van der Waals surface area contributed by atoms with Crippen LogP contribution in [-0.2, 0) is 4.79 Å². The molecule has 3 N–H and O–H groups in total. The van der Waals surface area contributed by atoms with Crippen LogP contribution in [-0.4, -0.2) is 48.2 Å². The molecule has 0 aromatic heterocycles. The van der Waals surface area contributed by atoms with Gasteiger partial charge < -0.3 is 20.7 Å². The van der Waals surface area contributed by atoms with Gasteiger partial charge in [-0.2, -0.15) is 11.8 Å². The molecule has 0 bridgehead atoms. The Labute approximate surface area is 177 Å². The maximum atomic E-state index is 12.0. The van der Waals surface area contributed by atoms with Crippen LogP contribution in [0.2, 0.25) is 0 Å². The van der Waals surface area contributed by atoms with Gasteiger partial charge >= 0.3 is 6.03 Å². The molecule has 0 saturated carbocycles. The molecular weight excluding hydrogens is 386 g/mol. The Morgan fingerprint density at radius 3 is 2.79 bits per heavy atom. The topological polar surface area (TPSA) is 79.5 Å². The number of ether oxygens (including phenoxy) is 1. The summed E-state index contributed by atoms with van der Waals surface area (Å²) in [5.74, 6) is 2.06. The lowest BCUT2D eigenvalue weighted by Crippen LogP contribution is -2.36. The van der Waals surface area contributed by atoms with Gasteiger partial charge in [-0.25, -0.2) is 4.79 Å². The molecular formula is C22H33N3O3S. The van der Waals surface area contributed by atoms with E-state index in [2.05, 4.69) is 35.0 Å².